The van der Waals surface area contributed by atoms with Crippen molar-refractivity contribution in [1.82, 2.24) is 10.2 Å². The van der Waals surface area contributed by atoms with Gasteiger partial charge in [-0.2, -0.15) is 0 Å². The second-order valence-corrected chi connectivity index (χ2v) is 4.31. The number of nitrogens with one attached hydrogen (secondary N) is 1. The van der Waals surface area contributed by atoms with Gasteiger partial charge in [0.1, 0.15) is 5.57 Å². The summed E-state index contributed by atoms with van der Waals surface area (Å²) >= 11 is 0. The molecule has 21 heavy (non-hydrogen) atoms. The van der Waals surface area contributed by atoms with Crippen LogP contribution in [0, 0.1) is 0 Å². The Hall–Kier alpha value is -2.95. The largest absolute Gasteiger partial charge is 0.331 e. The Bertz CT molecular complexity index is 645. The van der Waals surface area contributed by atoms with E-state index in [2.05, 4.69) is 11.9 Å². The SMILES string of the molecule is C=CCN1C(=O)NC(=O)/C(=C/C=C\c2ccccc2)C1=O. The minimum atomic E-state index is -0.728. The van der Waals surface area contributed by atoms with E-state index in [1.807, 2.05) is 30.3 Å². The van der Waals surface area contributed by atoms with E-state index in [-0.39, 0.29) is 12.1 Å². The van der Waals surface area contributed by atoms with E-state index in [4.69, 9.17) is 0 Å². The third-order valence-corrected chi connectivity index (χ3v) is 2.85. The highest BCUT2D eigenvalue weighted by Gasteiger charge is 2.34. The summed E-state index contributed by atoms with van der Waals surface area (Å²) in [6.07, 6.45) is 6.18. The Balaban J connectivity index is 2.20. The lowest BCUT2D eigenvalue weighted by Gasteiger charge is -2.24. The highest BCUT2D eigenvalue weighted by molar-refractivity contribution is 6.29. The molecule has 4 amide bonds. The van der Waals surface area contributed by atoms with Crippen LogP contribution in [-0.4, -0.2) is 29.3 Å². The van der Waals surface area contributed by atoms with Gasteiger partial charge in [-0.05, 0) is 11.6 Å². The van der Waals surface area contributed by atoms with Gasteiger partial charge < -0.3 is 0 Å². The molecule has 1 aromatic rings. The van der Waals surface area contributed by atoms with E-state index in [1.165, 1.54) is 12.2 Å². The third-order valence-electron chi connectivity index (χ3n) is 2.85. The number of hydrogen-bond donors (Lipinski definition) is 1. The van der Waals surface area contributed by atoms with Gasteiger partial charge in [0, 0.05) is 6.54 Å². The van der Waals surface area contributed by atoms with Crippen molar-refractivity contribution in [2.75, 3.05) is 6.54 Å². The molecule has 0 atom stereocenters. The van der Waals surface area contributed by atoms with Gasteiger partial charge in [-0.3, -0.25) is 19.8 Å². The summed E-state index contributed by atoms with van der Waals surface area (Å²) in [7, 11) is 0. The predicted octanol–water partition coefficient (Wildman–Crippen LogP) is 1.89. The summed E-state index contributed by atoms with van der Waals surface area (Å²) in [5, 5.41) is 2.12. The van der Waals surface area contributed by atoms with Crippen LogP contribution in [0.2, 0.25) is 0 Å². The minimum absolute atomic E-state index is 0.0533. The first-order valence-corrected chi connectivity index (χ1v) is 6.35. The second kappa shape index (κ2) is 6.47. The zero-order valence-electron chi connectivity index (χ0n) is 11.3. The predicted molar refractivity (Wildman–Crippen MR) is 79.0 cm³/mol. The molecule has 0 unspecified atom stereocenters. The molecule has 0 aliphatic carbocycles. The Morgan fingerprint density at radius 2 is 1.86 bits per heavy atom. The van der Waals surface area contributed by atoms with Crippen molar-refractivity contribution in [1.29, 1.82) is 0 Å². The van der Waals surface area contributed by atoms with E-state index < -0.39 is 17.8 Å². The van der Waals surface area contributed by atoms with Gasteiger partial charge in [0.15, 0.2) is 0 Å². The van der Waals surface area contributed by atoms with Crippen molar-refractivity contribution in [2.45, 2.75) is 0 Å². The Labute approximate surface area is 122 Å². The van der Waals surface area contributed by atoms with Gasteiger partial charge in [-0.15, -0.1) is 6.58 Å². The first kappa shape index (κ1) is 14.5. The van der Waals surface area contributed by atoms with E-state index in [1.54, 1.807) is 12.2 Å². The number of barbiturate groups is 1. The summed E-state index contributed by atoms with van der Waals surface area (Å²) in [4.78, 5) is 36.2. The smallest absolute Gasteiger partial charge is 0.273 e. The van der Waals surface area contributed by atoms with Crippen LogP contribution < -0.4 is 5.32 Å². The number of hydrogen-bond acceptors (Lipinski definition) is 3. The average molecular weight is 282 g/mol. The standard InChI is InChI=1S/C16H14N2O3/c1-2-11-18-15(20)13(14(19)17-16(18)21)10-6-9-12-7-4-3-5-8-12/h2-10H,1,11H2,(H,17,19,21)/b9-6-,13-10-. The number of amides is 4. The van der Waals surface area contributed by atoms with Crippen molar-refractivity contribution in [3.8, 4) is 0 Å². The molecule has 2 rings (SSSR count). The molecular formula is C16H14N2O3. The number of nitrogens with zero attached hydrogens (tertiary/aromatic N) is 1. The van der Waals surface area contributed by atoms with Gasteiger partial charge in [0.05, 0.1) is 0 Å². The van der Waals surface area contributed by atoms with Crippen LogP contribution in [0.15, 0.2) is 60.7 Å². The molecule has 5 nitrogen and oxygen atoms in total. The molecule has 0 aromatic heterocycles. The quantitative estimate of drug-likeness (QED) is 0.521. The number of rotatable bonds is 4. The van der Waals surface area contributed by atoms with Crippen LogP contribution in [0.1, 0.15) is 5.56 Å². The van der Waals surface area contributed by atoms with E-state index in [0.717, 1.165) is 10.5 Å². The summed E-state index contributed by atoms with van der Waals surface area (Å²) in [6, 6.07) is 8.73. The molecule has 1 N–H and O–H groups in total. The molecule has 0 spiro atoms. The summed E-state index contributed by atoms with van der Waals surface area (Å²) in [6.45, 7) is 3.53. The Kier molecular flexibility index (Phi) is 4.46. The molecule has 0 saturated carbocycles. The molecule has 1 saturated heterocycles. The monoisotopic (exact) mass is 282 g/mol. The van der Waals surface area contributed by atoms with E-state index in [9.17, 15) is 14.4 Å². The van der Waals surface area contributed by atoms with Crippen LogP contribution >= 0.6 is 0 Å². The molecule has 1 heterocycles. The number of urea groups is 1. The first-order chi connectivity index (χ1) is 10.1. The van der Waals surface area contributed by atoms with Crippen molar-refractivity contribution in [3.63, 3.8) is 0 Å². The van der Waals surface area contributed by atoms with Crippen LogP contribution in [0.3, 0.4) is 0 Å². The lowest BCUT2D eigenvalue weighted by molar-refractivity contribution is -0.129. The number of allylic oxidation sites excluding steroid dienone is 2. The maximum atomic E-state index is 12.1. The first-order valence-electron chi connectivity index (χ1n) is 6.35. The van der Waals surface area contributed by atoms with Gasteiger partial charge in [0.25, 0.3) is 11.8 Å². The molecule has 1 aliphatic rings. The summed E-state index contributed by atoms with van der Waals surface area (Å²) in [5.41, 5.74) is 0.862. The van der Waals surface area contributed by atoms with Crippen molar-refractivity contribution in [3.05, 3.63) is 66.3 Å². The molecule has 5 heteroatoms. The van der Waals surface area contributed by atoms with Gasteiger partial charge >= 0.3 is 6.03 Å². The number of carbonyl (C=O) groups excluding carboxylic acids is 3. The van der Waals surface area contributed by atoms with E-state index in [0.29, 0.717) is 0 Å². The summed E-state index contributed by atoms with van der Waals surface area (Å²) < 4.78 is 0. The number of carbonyl (C=O) groups is 3. The highest BCUT2D eigenvalue weighted by Crippen LogP contribution is 2.10. The minimum Gasteiger partial charge on any atom is -0.273 e. The molecule has 0 bridgehead atoms. The Morgan fingerprint density at radius 3 is 2.52 bits per heavy atom. The van der Waals surface area contributed by atoms with Gasteiger partial charge in [0.2, 0.25) is 0 Å². The number of imide groups is 2. The number of benzene rings is 1. The van der Waals surface area contributed by atoms with Crippen LogP contribution in [0.25, 0.3) is 6.08 Å². The Morgan fingerprint density at radius 1 is 1.14 bits per heavy atom. The van der Waals surface area contributed by atoms with Gasteiger partial charge in [-0.25, -0.2) is 4.79 Å². The van der Waals surface area contributed by atoms with Crippen molar-refractivity contribution < 1.29 is 14.4 Å². The van der Waals surface area contributed by atoms with Crippen LogP contribution in [-0.2, 0) is 9.59 Å². The second-order valence-electron chi connectivity index (χ2n) is 4.31. The normalized spacial score (nSPS) is 17.4. The lowest BCUT2D eigenvalue weighted by atomic mass is 10.1. The fourth-order valence-corrected chi connectivity index (χ4v) is 1.83. The fourth-order valence-electron chi connectivity index (χ4n) is 1.83. The van der Waals surface area contributed by atoms with Crippen molar-refractivity contribution >= 4 is 23.9 Å². The molecule has 0 radical (unpaired) electrons. The zero-order chi connectivity index (χ0) is 15.2. The maximum absolute atomic E-state index is 12.1. The third kappa shape index (κ3) is 3.33. The van der Waals surface area contributed by atoms with Crippen molar-refractivity contribution in [2.24, 2.45) is 0 Å². The lowest BCUT2D eigenvalue weighted by Crippen LogP contribution is -2.54. The van der Waals surface area contributed by atoms with Gasteiger partial charge in [-0.1, -0.05) is 48.6 Å². The summed E-state index contributed by atoms with van der Waals surface area (Å²) in [5.74, 6) is -1.32. The zero-order valence-corrected chi connectivity index (χ0v) is 11.3. The molecule has 1 fully saturated rings. The topological polar surface area (TPSA) is 66.5 Å². The maximum Gasteiger partial charge on any atom is 0.331 e. The average Bonchev–Trinajstić information content (AvgIpc) is 2.48. The highest BCUT2D eigenvalue weighted by atomic mass is 16.2. The molecule has 106 valence electrons. The van der Waals surface area contributed by atoms with Crippen LogP contribution in [0.4, 0.5) is 4.79 Å². The molecule has 1 aliphatic heterocycles. The van der Waals surface area contributed by atoms with Crippen LogP contribution in [0.5, 0.6) is 0 Å². The fraction of sp³-hybridized carbons (Fsp3) is 0.0625. The molecule has 1 aromatic carbocycles. The van der Waals surface area contributed by atoms with E-state index >= 15 is 0 Å². The molecular weight excluding hydrogens is 268 g/mol.